The van der Waals surface area contributed by atoms with Gasteiger partial charge < -0.3 is 19.4 Å². The molecule has 6 nitrogen and oxygen atoms in total. The number of carbonyl (C=O) groups excluding carboxylic acids is 1. The minimum atomic E-state index is -0.440. The van der Waals surface area contributed by atoms with E-state index in [1.807, 2.05) is 25.7 Å². The van der Waals surface area contributed by atoms with Crippen LogP contribution >= 0.6 is 0 Å². The van der Waals surface area contributed by atoms with Gasteiger partial charge in [-0.25, -0.2) is 4.79 Å². The quantitative estimate of drug-likeness (QED) is 0.598. The number of rotatable bonds is 7. The van der Waals surface area contributed by atoms with Gasteiger partial charge in [0.2, 0.25) is 0 Å². The molecular weight excluding hydrogens is 388 g/mol. The maximum absolute atomic E-state index is 12.3. The molecule has 31 heavy (non-hydrogen) atoms. The molecule has 3 rings (SSSR count). The lowest BCUT2D eigenvalue weighted by Gasteiger charge is -2.38. The van der Waals surface area contributed by atoms with Crippen LogP contribution in [0.5, 0.6) is 0 Å². The zero-order valence-corrected chi connectivity index (χ0v) is 20.1. The van der Waals surface area contributed by atoms with Crippen molar-refractivity contribution in [1.29, 1.82) is 0 Å². The van der Waals surface area contributed by atoms with E-state index in [-0.39, 0.29) is 6.09 Å². The number of benzene rings is 1. The highest BCUT2D eigenvalue weighted by molar-refractivity contribution is 5.68. The lowest BCUT2D eigenvalue weighted by atomic mass is 10.1. The molecule has 2 saturated heterocycles. The van der Waals surface area contributed by atoms with E-state index in [1.165, 1.54) is 56.7 Å². The molecule has 2 aliphatic heterocycles. The average molecular weight is 431 g/mol. The summed E-state index contributed by atoms with van der Waals surface area (Å²) in [6.45, 7) is 16.9. The van der Waals surface area contributed by atoms with Gasteiger partial charge in [-0.1, -0.05) is 26.2 Å². The number of anilines is 2. The third-order valence-corrected chi connectivity index (χ3v) is 6.21. The highest BCUT2D eigenvalue weighted by Gasteiger charge is 2.26. The van der Waals surface area contributed by atoms with Gasteiger partial charge in [0.25, 0.3) is 0 Å². The Kier molecular flexibility index (Phi) is 8.47. The van der Waals surface area contributed by atoms with E-state index >= 15 is 0 Å². The van der Waals surface area contributed by atoms with Crippen molar-refractivity contribution in [3.63, 3.8) is 0 Å². The van der Waals surface area contributed by atoms with E-state index in [4.69, 9.17) is 4.74 Å². The van der Waals surface area contributed by atoms with Gasteiger partial charge in [-0.3, -0.25) is 4.90 Å². The molecule has 0 N–H and O–H groups in total. The molecule has 0 radical (unpaired) electrons. The lowest BCUT2D eigenvalue weighted by molar-refractivity contribution is 0.0240. The Labute approximate surface area is 189 Å². The fourth-order valence-electron chi connectivity index (χ4n) is 4.34. The summed E-state index contributed by atoms with van der Waals surface area (Å²) < 4.78 is 5.50. The van der Waals surface area contributed by atoms with Gasteiger partial charge in [-0.15, -0.1) is 0 Å². The van der Waals surface area contributed by atoms with E-state index in [0.29, 0.717) is 13.1 Å². The van der Waals surface area contributed by atoms with E-state index in [1.54, 1.807) is 0 Å². The molecule has 6 heteroatoms. The van der Waals surface area contributed by atoms with Crippen molar-refractivity contribution in [2.45, 2.75) is 59.0 Å². The second-order valence-electron chi connectivity index (χ2n) is 9.86. The molecule has 1 aromatic carbocycles. The summed E-state index contributed by atoms with van der Waals surface area (Å²) in [7, 11) is 0. The second-order valence-corrected chi connectivity index (χ2v) is 9.86. The number of piperazine rings is 2. The van der Waals surface area contributed by atoms with Crippen molar-refractivity contribution in [2.24, 2.45) is 0 Å². The lowest BCUT2D eigenvalue weighted by Crippen LogP contribution is -2.50. The number of nitrogens with zero attached hydrogens (tertiary/aromatic N) is 4. The number of amides is 1. The van der Waals surface area contributed by atoms with Crippen molar-refractivity contribution in [3.05, 3.63) is 24.3 Å². The smallest absolute Gasteiger partial charge is 0.410 e. The average Bonchev–Trinajstić information content (AvgIpc) is 2.76. The van der Waals surface area contributed by atoms with Crippen LogP contribution in [0.1, 0.15) is 53.4 Å². The molecular formula is C25H42N4O2. The summed E-state index contributed by atoms with van der Waals surface area (Å²) in [6.07, 6.45) is 5.17. The van der Waals surface area contributed by atoms with Crippen LogP contribution in [-0.4, -0.2) is 80.4 Å². The Balaban J connectivity index is 1.42. The molecule has 2 fully saturated rings. The summed E-state index contributed by atoms with van der Waals surface area (Å²) in [5.74, 6) is 0. The SMILES string of the molecule is CCCCCCN1CCN(c2ccc(N3CCN(C(=O)OC(C)(C)C)CC3)cc2)CC1. The third kappa shape index (κ3) is 7.30. The van der Waals surface area contributed by atoms with Gasteiger partial charge in [0.05, 0.1) is 0 Å². The fraction of sp³-hybridized carbons (Fsp3) is 0.720. The fourth-order valence-corrected chi connectivity index (χ4v) is 4.34. The Bertz CT molecular complexity index is 670. The Hall–Kier alpha value is -1.95. The topological polar surface area (TPSA) is 39.3 Å². The molecule has 1 aromatic rings. The van der Waals surface area contributed by atoms with Crippen molar-refractivity contribution < 1.29 is 9.53 Å². The molecule has 2 aliphatic rings. The summed E-state index contributed by atoms with van der Waals surface area (Å²) in [4.78, 5) is 21.6. The van der Waals surface area contributed by atoms with Crippen molar-refractivity contribution in [1.82, 2.24) is 9.80 Å². The molecule has 0 bridgehead atoms. The van der Waals surface area contributed by atoms with Crippen LogP contribution < -0.4 is 9.80 Å². The van der Waals surface area contributed by atoms with Crippen molar-refractivity contribution in [2.75, 3.05) is 68.7 Å². The molecule has 2 heterocycles. The van der Waals surface area contributed by atoms with Crippen LogP contribution in [0.25, 0.3) is 0 Å². The number of unbranched alkanes of at least 4 members (excludes halogenated alkanes) is 3. The van der Waals surface area contributed by atoms with Crippen molar-refractivity contribution in [3.8, 4) is 0 Å². The molecule has 0 spiro atoms. The first-order valence-corrected chi connectivity index (χ1v) is 12.2. The zero-order chi connectivity index (χ0) is 22.3. The van der Waals surface area contributed by atoms with Gasteiger partial charge in [0, 0.05) is 63.7 Å². The number of ether oxygens (including phenoxy) is 1. The molecule has 0 saturated carbocycles. The summed E-state index contributed by atoms with van der Waals surface area (Å²) >= 11 is 0. The number of hydrogen-bond acceptors (Lipinski definition) is 5. The van der Waals surface area contributed by atoms with Crippen molar-refractivity contribution >= 4 is 17.5 Å². The van der Waals surface area contributed by atoms with Crippen LogP contribution in [0, 0.1) is 0 Å². The maximum Gasteiger partial charge on any atom is 0.410 e. The second kappa shape index (κ2) is 11.1. The maximum atomic E-state index is 12.3. The molecule has 174 valence electrons. The normalized spacial score (nSPS) is 18.4. The molecule has 0 atom stereocenters. The van der Waals surface area contributed by atoms with E-state index < -0.39 is 5.60 Å². The minimum Gasteiger partial charge on any atom is -0.444 e. The van der Waals surface area contributed by atoms with Gasteiger partial charge in [0.1, 0.15) is 5.60 Å². The first kappa shape index (κ1) is 23.7. The molecule has 1 amide bonds. The van der Waals surface area contributed by atoms with Crippen LogP contribution in [0.4, 0.5) is 16.2 Å². The van der Waals surface area contributed by atoms with E-state index in [9.17, 15) is 4.79 Å². The van der Waals surface area contributed by atoms with Gasteiger partial charge in [0.15, 0.2) is 0 Å². The van der Waals surface area contributed by atoms with Crippen LogP contribution in [-0.2, 0) is 4.74 Å². The van der Waals surface area contributed by atoms with E-state index in [0.717, 1.165) is 26.2 Å². The molecule has 0 unspecified atom stereocenters. The van der Waals surface area contributed by atoms with Gasteiger partial charge in [-0.05, 0) is 58.0 Å². The van der Waals surface area contributed by atoms with Crippen LogP contribution in [0.2, 0.25) is 0 Å². The predicted octanol–water partition coefficient (Wildman–Crippen LogP) is 4.45. The standard InChI is InChI=1S/C25H42N4O2/c1-5-6-7-8-13-26-14-16-27(17-15-26)22-9-11-23(12-10-22)28-18-20-29(21-19-28)24(30)31-25(2,3)4/h9-12H,5-8,13-21H2,1-4H3. The minimum absolute atomic E-state index is 0.202. The van der Waals surface area contributed by atoms with Gasteiger partial charge in [-0.2, -0.15) is 0 Å². The largest absolute Gasteiger partial charge is 0.444 e. The van der Waals surface area contributed by atoms with Crippen LogP contribution in [0.15, 0.2) is 24.3 Å². The number of hydrogen-bond donors (Lipinski definition) is 0. The monoisotopic (exact) mass is 430 g/mol. The predicted molar refractivity (Wildman–Crippen MR) is 129 cm³/mol. The van der Waals surface area contributed by atoms with Crippen LogP contribution in [0.3, 0.4) is 0 Å². The Morgan fingerprint density at radius 1 is 0.806 bits per heavy atom. The first-order valence-electron chi connectivity index (χ1n) is 12.2. The zero-order valence-electron chi connectivity index (χ0n) is 20.1. The Morgan fingerprint density at radius 3 is 1.81 bits per heavy atom. The summed E-state index contributed by atoms with van der Waals surface area (Å²) in [5, 5.41) is 0. The molecule has 0 aromatic heterocycles. The molecule has 0 aliphatic carbocycles. The highest BCUT2D eigenvalue weighted by atomic mass is 16.6. The Morgan fingerprint density at radius 2 is 1.32 bits per heavy atom. The van der Waals surface area contributed by atoms with Gasteiger partial charge >= 0.3 is 6.09 Å². The highest BCUT2D eigenvalue weighted by Crippen LogP contribution is 2.23. The number of carbonyl (C=O) groups is 1. The summed E-state index contributed by atoms with van der Waals surface area (Å²) in [5.41, 5.74) is 2.12. The summed E-state index contributed by atoms with van der Waals surface area (Å²) in [6, 6.07) is 8.98. The van der Waals surface area contributed by atoms with E-state index in [2.05, 4.69) is 45.9 Å². The first-order chi connectivity index (χ1) is 14.9. The third-order valence-electron chi connectivity index (χ3n) is 6.21.